The number of carbonyl (C=O) groups is 2. The van der Waals surface area contributed by atoms with Crippen LogP contribution in [0.25, 0.3) is 0 Å². The molecule has 1 N–H and O–H groups in total. The molecule has 0 unspecified atom stereocenters. The van der Waals surface area contributed by atoms with E-state index in [4.69, 9.17) is 5.11 Å². The number of hydrogen-bond donors (Lipinski definition) is 1. The van der Waals surface area contributed by atoms with Crippen LogP contribution >= 0.6 is 0 Å². The van der Waals surface area contributed by atoms with Crippen LogP contribution < -0.4 is 0 Å². The van der Waals surface area contributed by atoms with Gasteiger partial charge in [0.15, 0.2) is 0 Å². The van der Waals surface area contributed by atoms with Crippen molar-refractivity contribution in [1.82, 2.24) is 14.7 Å². The molecular formula is C12H19N3O3. The molecule has 6 heteroatoms. The molecule has 0 aliphatic carbocycles. The maximum absolute atomic E-state index is 12.0. The predicted octanol–water partition coefficient (Wildman–Crippen LogP) is 1.23. The van der Waals surface area contributed by atoms with Gasteiger partial charge in [0.25, 0.3) is 5.91 Å². The molecule has 0 bridgehead atoms. The molecule has 0 aliphatic heterocycles. The first kappa shape index (κ1) is 14.2. The molecule has 100 valence electrons. The second kappa shape index (κ2) is 6.78. The van der Waals surface area contributed by atoms with Crippen LogP contribution in [0, 0.1) is 0 Å². The summed E-state index contributed by atoms with van der Waals surface area (Å²) in [6.45, 7) is 3.27. The Morgan fingerprint density at radius 2 is 2.22 bits per heavy atom. The normalized spacial score (nSPS) is 10.3. The van der Waals surface area contributed by atoms with E-state index in [0.717, 1.165) is 13.0 Å². The first-order valence-corrected chi connectivity index (χ1v) is 6.04. The zero-order valence-corrected chi connectivity index (χ0v) is 10.8. The molecule has 1 amide bonds. The molecule has 0 saturated carbocycles. The van der Waals surface area contributed by atoms with Crippen LogP contribution in [-0.4, -0.2) is 45.3 Å². The van der Waals surface area contributed by atoms with E-state index in [9.17, 15) is 9.59 Å². The van der Waals surface area contributed by atoms with Gasteiger partial charge in [-0.15, -0.1) is 0 Å². The van der Waals surface area contributed by atoms with Crippen LogP contribution in [-0.2, 0) is 11.3 Å². The Morgan fingerprint density at radius 3 is 2.83 bits per heavy atom. The lowest BCUT2D eigenvalue weighted by atomic mass is 10.2. The fourth-order valence-corrected chi connectivity index (χ4v) is 1.61. The second-order valence-corrected chi connectivity index (χ2v) is 4.22. The van der Waals surface area contributed by atoms with Crippen LogP contribution in [0.3, 0.4) is 0 Å². The Kier molecular flexibility index (Phi) is 5.35. The lowest BCUT2D eigenvalue weighted by Crippen LogP contribution is -2.27. The molecule has 1 heterocycles. The third-order valence-electron chi connectivity index (χ3n) is 2.56. The SMILES string of the molecule is CCCn1cc(C(=O)N(C)CCCC(=O)O)cn1. The Hall–Kier alpha value is -1.85. The highest BCUT2D eigenvalue weighted by Crippen LogP contribution is 2.04. The Morgan fingerprint density at radius 1 is 1.50 bits per heavy atom. The van der Waals surface area contributed by atoms with Crippen molar-refractivity contribution in [1.29, 1.82) is 0 Å². The molecule has 18 heavy (non-hydrogen) atoms. The van der Waals surface area contributed by atoms with Gasteiger partial charge < -0.3 is 10.0 Å². The van der Waals surface area contributed by atoms with E-state index in [1.54, 1.807) is 24.1 Å². The van der Waals surface area contributed by atoms with Gasteiger partial charge in [0.05, 0.1) is 11.8 Å². The molecule has 0 fully saturated rings. The minimum Gasteiger partial charge on any atom is -0.481 e. The summed E-state index contributed by atoms with van der Waals surface area (Å²) in [5, 5.41) is 12.6. The number of carbonyl (C=O) groups excluding carboxylic acids is 1. The number of aliphatic carboxylic acids is 1. The highest BCUT2D eigenvalue weighted by Gasteiger charge is 2.13. The van der Waals surface area contributed by atoms with Crippen LogP contribution in [0.15, 0.2) is 12.4 Å². The molecule has 0 radical (unpaired) electrons. The summed E-state index contributed by atoms with van der Waals surface area (Å²) in [5.74, 6) is -0.964. The van der Waals surface area contributed by atoms with Crippen molar-refractivity contribution in [2.24, 2.45) is 0 Å². The number of amides is 1. The molecule has 0 aromatic carbocycles. The van der Waals surface area contributed by atoms with E-state index in [2.05, 4.69) is 5.10 Å². The number of carboxylic acids is 1. The van der Waals surface area contributed by atoms with Crippen molar-refractivity contribution in [2.75, 3.05) is 13.6 Å². The fraction of sp³-hybridized carbons (Fsp3) is 0.583. The predicted molar refractivity (Wildman–Crippen MR) is 66.3 cm³/mol. The summed E-state index contributed by atoms with van der Waals surface area (Å²) in [5.41, 5.74) is 0.543. The van der Waals surface area contributed by atoms with Crippen molar-refractivity contribution >= 4 is 11.9 Å². The highest BCUT2D eigenvalue weighted by atomic mass is 16.4. The van der Waals surface area contributed by atoms with Crippen molar-refractivity contribution < 1.29 is 14.7 Å². The van der Waals surface area contributed by atoms with Gasteiger partial charge in [-0.2, -0.15) is 5.10 Å². The molecule has 0 saturated heterocycles. The number of aryl methyl sites for hydroxylation is 1. The van der Waals surface area contributed by atoms with Crippen molar-refractivity contribution in [3.05, 3.63) is 18.0 Å². The third-order valence-corrected chi connectivity index (χ3v) is 2.56. The Balaban J connectivity index is 2.48. The fourth-order valence-electron chi connectivity index (χ4n) is 1.61. The van der Waals surface area contributed by atoms with Gasteiger partial charge in [0.2, 0.25) is 0 Å². The maximum atomic E-state index is 12.0. The highest BCUT2D eigenvalue weighted by molar-refractivity contribution is 5.93. The third kappa shape index (κ3) is 4.20. The summed E-state index contributed by atoms with van der Waals surface area (Å²) in [4.78, 5) is 23.9. The first-order chi connectivity index (χ1) is 8.54. The number of rotatable bonds is 7. The van der Waals surface area contributed by atoms with E-state index in [-0.39, 0.29) is 12.3 Å². The standard InChI is InChI=1S/C12H19N3O3/c1-3-6-15-9-10(8-13-15)12(18)14(2)7-4-5-11(16)17/h8-9H,3-7H2,1-2H3,(H,16,17). The molecule has 1 aromatic rings. The van der Waals surface area contributed by atoms with Crippen LogP contribution in [0.5, 0.6) is 0 Å². The van der Waals surface area contributed by atoms with Gasteiger partial charge in [-0.1, -0.05) is 6.92 Å². The van der Waals surface area contributed by atoms with E-state index >= 15 is 0 Å². The maximum Gasteiger partial charge on any atom is 0.303 e. The summed E-state index contributed by atoms with van der Waals surface area (Å²) in [7, 11) is 1.67. The average molecular weight is 253 g/mol. The average Bonchev–Trinajstić information content (AvgIpc) is 2.76. The van der Waals surface area contributed by atoms with Gasteiger partial charge in [-0.25, -0.2) is 0 Å². The van der Waals surface area contributed by atoms with E-state index in [0.29, 0.717) is 18.5 Å². The molecule has 0 aliphatic rings. The molecule has 6 nitrogen and oxygen atoms in total. The zero-order chi connectivity index (χ0) is 13.5. The lowest BCUT2D eigenvalue weighted by molar-refractivity contribution is -0.137. The monoisotopic (exact) mass is 253 g/mol. The Labute approximate surface area is 106 Å². The zero-order valence-electron chi connectivity index (χ0n) is 10.8. The van der Waals surface area contributed by atoms with Crippen LogP contribution in [0.1, 0.15) is 36.5 Å². The van der Waals surface area contributed by atoms with Crippen molar-refractivity contribution in [3.63, 3.8) is 0 Å². The largest absolute Gasteiger partial charge is 0.481 e. The first-order valence-electron chi connectivity index (χ1n) is 6.04. The number of nitrogens with zero attached hydrogens (tertiary/aromatic N) is 3. The number of hydrogen-bond acceptors (Lipinski definition) is 3. The summed E-state index contributed by atoms with van der Waals surface area (Å²) >= 11 is 0. The molecule has 0 atom stereocenters. The summed E-state index contributed by atoms with van der Waals surface area (Å²) in [6, 6.07) is 0. The van der Waals surface area contributed by atoms with Crippen LogP contribution in [0.4, 0.5) is 0 Å². The topological polar surface area (TPSA) is 75.4 Å². The molecule has 0 spiro atoms. The van der Waals surface area contributed by atoms with Gasteiger partial charge >= 0.3 is 5.97 Å². The minimum absolute atomic E-state index is 0.0761. The van der Waals surface area contributed by atoms with Crippen LogP contribution in [0.2, 0.25) is 0 Å². The Bertz CT molecular complexity index is 414. The number of aromatic nitrogens is 2. The van der Waals surface area contributed by atoms with E-state index in [1.807, 2.05) is 6.92 Å². The lowest BCUT2D eigenvalue weighted by Gasteiger charge is -2.15. The molecule has 1 aromatic heterocycles. The quantitative estimate of drug-likeness (QED) is 0.793. The van der Waals surface area contributed by atoms with Gasteiger partial charge in [-0.05, 0) is 12.8 Å². The smallest absolute Gasteiger partial charge is 0.303 e. The van der Waals surface area contributed by atoms with Gasteiger partial charge in [-0.3, -0.25) is 14.3 Å². The number of carboxylic acid groups (broad SMARTS) is 1. The van der Waals surface area contributed by atoms with Gasteiger partial charge in [0, 0.05) is 32.8 Å². The van der Waals surface area contributed by atoms with E-state index < -0.39 is 5.97 Å². The second-order valence-electron chi connectivity index (χ2n) is 4.22. The van der Waals surface area contributed by atoms with Crippen molar-refractivity contribution in [2.45, 2.75) is 32.7 Å². The van der Waals surface area contributed by atoms with Crippen molar-refractivity contribution in [3.8, 4) is 0 Å². The molecule has 1 rings (SSSR count). The van der Waals surface area contributed by atoms with Gasteiger partial charge in [0.1, 0.15) is 0 Å². The van der Waals surface area contributed by atoms with E-state index in [1.165, 1.54) is 4.90 Å². The summed E-state index contributed by atoms with van der Waals surface area (Å²) in [6.07, 6.45) is 4.77. The molecular weight excluding hydrogens is 234 g/mol. The summed E-state index contributed by atoms with van der Waals surface area (Å²) < 4.78 is 1.73. The minimum atomic E-state index is -0.841.